The van der Waals surface area contributed by atoms with Crippen LogP contribution in [-0.2, 0) is 9.53 Å². The molecule has 0 amide bonds. The number of ether oxygens (including phenoxy) is 1. The van der Waals surface area contributed by atoms with E-state index in [9.17, 15) is 4.79 Å². The molecule has 0 atom stereocenters. The van der Waals surface area contributed by atoms with Gasteiger partial charge in [0.15, 0.2) is 0 Å². The van der Waals surface area contributed by atoms with Gasteiger partial charge in [0.05, 0.1) is 11.7 Å². The van der Waals surface area contributed by atoms with E-state index in [-0.39, 0.29) is 11.4 Å². The number of rotatable bonds is 5. The Hall–Kier alpha value is -0.790. The van der Waals surface area contributed by atoms with Crippen molar-refractivity contribution in [2.45, 2.75) is 39.0 Å². The molecule has 0 bridgehead atoms. The third kappa shape index (κ3) is 1.87. The molecule has 0 unspecified atom stereocenters. The van der Waals surface area contributed by atoms with Crippen LogP contribution in [0.25, 0.3) is 0 Å². The lowest BCUT2D eigenvalue weighted by molar-refractivity contribution is -0.144. The summed E-state index contributed by atoms with van der Waals surface area (Å²) >= 11 is 0. The predicted octanol–water partition coefficient (Wildman–Crippen LogP) is 2.64. The van der Waals surface area contributed by atoms with Gasteiger partial charge < -0.3 is 4.74 Å². The Morgan fingerprint density at radius 2 is 2.33 bits per heavy atom. The molecule has 68 valence electrons. The molecule has 0 aromatic carbocycles. The van der Waals surface area contributed by atoms with Gasteiger partial charge in [0.1, 0.15) is 0 Å². The van der Waals surface area contributed by atoms with Gasteiger partial charge in [-0.25, -0.2) is 0 Å². The Labute approximate surface area is 73.6 Å². The quantitative estimate of drug-likeness (QED) is 0.466. The van der Waals surface area contributed by atoms with E-state index in [4.69, 9.17) is 4.74 Å². The zero-order chi connectivity index (χ0) is 9.03. The second-order valence-corrected chi connectivity index (χ2v) is 3.46. The minimum absolute atomic E-state index is 0.0778. The Kier molecular flexibility index (Phi) is 2.90. The van der Waals surface area contributed by atoms with Gasteiger partial charge >= 0.3 is 5.97 Å². The number of esters is 1. The van der Waals surface area contributed by atoms with Gasteiger partial charge in [-0.3, -0.25) is 4.79 Å². The Morgan fingerprint density at radius 3 is 2.75 bits per heavy atom. The first-order valence-electron chi connectivity index (χ1n) is 4.57. The first-order valence-corrected chi connectivity index (χ1v) is 4.57. The van der Waals surface area contributed by atoms with Crippen LogP contribution < -0.4 is 0 Å². The van der Waals surface area contributed by atoms with E-state index in [1.54, 1.807) is 0 Å². The molecule has 0 aromatic rings. The fourth-order valence-electron chi connectivity index (χ4n) is 1.42. The summed E-state index contributed by atoms with van der Waals surface area (Å²) in [5, 5.41) is 0. The van der Waals surface area contributed by atoms with Gasteiger partial charge in [0.2, 0.25) is 0 Å². The third-order valence-electron chi connectivity index (χ3n) is 2.49. The molecule has 1 rings (SSSR count). The van der Waals surface area contributed by atoms with E-state index in [2.05, 4.69) is 13.5 Å². The largest absolute Gasteiger partial charge is 0.435 e. The highest BCUT2D eigenvalue weighted by Crippen LogP contribution is 2.50. The number of hydrogen-bond acceptors (Lipinski definition) is 2. The molecule has 1 fully saturated rings. The van der Waals surface area contributed by atoms with Crippen molar-refractivity contribution in [1.29, 1.82) is 0 Å². The minimum atomic E-state index is -0.121. The summed E-state index contributed by atoms with van der Waals surface area (Å²) in [6, 6.07) is 0. The number of unbranched alkanes of at least 4 members (excludes halogenated alkanes) is 1. The standard InChI is InChI=1S/C10H16O2/c1-3-5-6-10(7-8-10)9(11)12-4-2/h4H,2-3,5-8H2,1H3. The molecular weight excluding hydrogens is 152 g/mol. The molecule has 0 spiro atoms. The number of carbonyl (C=O) groups excluding carboxylic acids is 1. The van der Waals surface area contributed by atoms with Crippen molar-refractivity contribution >= 4 is 5.97 Å². The van der Waals surface area contributed by atoms with Crippen LogP contribution in [0.3, 0.4) is 0 Å². The second kappa shape index (κ2) is 3.74. The fourth-order valence-corrected chi connectivity index (χ4v) is 1.42. The zero-order valence-corrected chi connectivity index (χ0v) is 7.64. The number of hydrogen-bond donors (Lipinski definition) is 0. The van der Waals surface area contributed by atoms with Crippen LogP contribution in [0.1, 0.15) is 39.0 Å². The van der Waals surface area contributed by atoms with Crippen LogP contribution in [-0.4, -0.2) is 5.97 Å². The fraction of sp³-hybridized carbons (Fsp3) is 0.700. The van der Waals surface area contributed by atoms with Gasteiger partial charge in [-0.15, -0.1) is 0 Å². The molecule has 0 aliphatic heterocycles. The smallest absolute Gasteiger partial charge is 0.316 e. The van der Waals surface area contributed by atoms with E-state index in [1.165, 1.54) is 6.26 Å². The van der Waals surface area contributed by atoms with Gasteiger partial charge in [-0.05, 0) is 19.3 Å². The molecule has 2 nitrogen and oxygen atoms in total. The van der Waals surface area contributed by atoms with Crippen LogP contribution in [0.15, 0.2) is 12.8 Å². The SMILES string of the molecule is C=COC(=O)C1(CCCC)CC1. The Balaban J connectivity index is 2.37. The second-order valence-electron chi connectivity index (χ2n) is 3.46. The summed E-state index contributed by atoms with van der Waals surface area (Å²) in [7, 11) is 0. The molecule has 2 heteroatoms. The van der Waals surface area contributed by atoms with Crippen molar-refractivity contribution in [2.24, 2.45) is 5.41 Å². The lowest BCUT2D eigenvalue weighted by Gasteiger charge is -2.10. The average Bonchev–Trinajstić information content (AvgIpc) is 2.82. The van der Waals surface area contributed by atoms with Gasteiger partial charge in [0, 0.05) is 0 Å². The summed E-state index contributed by atoms with van der Waals surface area (Å²) < 4.78 is 4.79. The monoisotopic (exact) mass is 168 g/mol. The summed E-state index contributed by atoms with van der Waals surface area (Å²) in [5.41, 5.74) is -0.121. The van der Waals surface area contributed by atoms with Crippen molar-refractivity contribution in [1.82, 2.24) is 0 Å². The molecular formula is C10H16O2. The first kappa shape index (κ1) is 9.30. The van der Waals surface area contributed by atoms with Gasteiger partial charge in [-0.2, -0.15) is 0 Å². The lowest BCUT2D eigenvalue weighted by Crippen LogP contribution is -2.16. The zero-order valence-electron chi connectivity index (χ0n) is 7.64. The predicted molar refractivity (Wildman–Crippen MR) is 47.5 cm³/mol. The molecule has 12 heavy (non-hydrogen) atoms. The molecule has 1 saturated carbocycles. The van der Waals surface area contributed by atoms with E-state index >= 15 is 0 Å². The maximum absolute atomic E-state index is 11.3. The van der Waals surface area contributed by atoms with E-state index in [0.29, 0.717) is 0 Å². The molecule has 0 saturated heterocycles. The summed E-state index contributed by atoms with van der Waals surface area (Å²) in [4.78, 5) is 11.3. The summed E-state index contributed by atoms with van der Waals surface area (Å²) in [5.74, 6) is -0.0778. The Morgan fingerprint density at radius 1 is 1.67 bits per heavy atom. The molecule has 0 radical (unpaired) electrons. The molecule has 0 N–H and O–H groups in total. The highest BCUT2D eigenvalue weighted by atomic mass is 16.5. The summed E-state index contributed by atoms with van der Waals surface area (Å²) in [6.07, 6.45) is 6.47. The third-order valence-corrected chi connectivity index (χ3v) is 2.49. The van der Waals surface area contributed by atoms with Gasteiger partial charge in [0.25, 0.3) is 0 Å². The Bertz CT molecular complexity index is 180. The van der Waals surface area contributed by atoms with Crippen molar-refractivity contribution in [2.75, 3.05) is 0 Å². The van der Waals surface area contributed by atoms with Gasteiger partial charge in [-0.1, -0.05) is 26.3 Å². The molecule has 1 aliphatic carbocycles. The average molecular weight is 168 g/mol. The normalized spacial score (nSPS) is 18.4. The van der Waals surface area contributed by atoms with Crippen molar-refractivity contribution in [3.8, 4) is 0 Å². The van der Waals surface area contributed by atoms with Crippen molar-refractivity contribution < 1.29 is 9.53 Å². The van der Waals surface area contributed by atoms with Crippen molar-refractivity contribution in [3.63, 3.8) is 0 Å². The highest BCUT2D eigenvalue weighted by Gasteiger charge is 2.50. The van der Waals surface area contributed by atoms with Crippen LogP contribution in [0, 0.1) is 5.41 Å². The van der Waals surface area contributed by atoms with E-state index < -0.39 is 0 Å². The van der Waals surface area contributed by atoms with Crippen LogP contribution in [0.4, 0.5) is 0 Å². The van der Waals surface area contributed by atoms with E-state index in [1.807, 2.05) is 0 Å². The first-order chi connectivity index (χ1) is 5.75. The van der Waals surface area contributed by atoms with Crippen LogP contribution >= 0.6 is 0 Å². The topological polar surface area (TPSA) is 26.3 Å². The van der Waals surface area contributed by atoms with Crippen LogP contribution in [0.2, 0.25) is 0 Å². The lowest BCUT2D eigenvalue weighted by atomic mass is 10.00. The maximum Gasteiger partial charge on any atom is 0.316 e. The molecule has 1 aliphatic rings. The maximum atomic E-state index is 11.3. The summed E-state index contributed by atoms with van der Waals surface area (Å²) in [6.45, 7) is 5.51. The van der Waals surface area contributed by atoms with Crippen molar-refractivity contribution in [3.05, 3.63) is 12.8 Å². The number of carbonyl (C=O) groups is 1. The molecule has 0 heterocycles. The minimum Gasteiger partial charge on any atom is -0.435 e. The highest BCUT2D eigenvalue weighted by molar-refractivity contribution is 5.80. The molecule has 0 aromatic heterocycles. The van der Waals surface area contributed by atoms with Crippen LogP contribution in [0.5, 0.6) is 0 Å². The van der Waals surface area contributed by atoms with E-state index in [0.717, 1.165) is 32.1 Å².